The molecular formula is C24H20N2OS. The van der Waals surface area contributed by atoms with E-state index in [0.29, 0.717) is 5.56 Å². The number of benzene rings is 2. The first-order valence-electron chi connectivity index (χ1n) is 9.09. The average Bonchev–Trinajstić information content (AvgIpc) is 3.21. The maximum atomic E-state index is 13.0. The second kappa shape index (κ2) is 7.79. The van der Waals surface area contributed by atoms with Crippen molar-refractivity contribution in [1.29, 1.82) is 0 Å². The van der Waals surface area contributed by atoms with E-state index < -0.39 is 0 Å². The zero-order chi connectivity index (χ0) is 19.5. The number of aromatic nitrogens is 1. The minimum absolute atomic E-state index is 0.132. The van der Waals surface area contributed by atoms with Crippen LogP contribution in [0.5, 0.6) is 0 Å². The fraction of sp³-hybridized carbons (Fsp3) is 0.0833. The molecule has 0 unspecified atom stereocenters. The van der Waals surface area contributed by atoms with Crippen LogP contribution in [-0.2, 0) is 0 Å². The van der Waals surface area contributed by atoms with E-state index in [1.807, 2.05) is 86.0 Å². The predicted molar refractivity (Wildman–Crippen MR) is 119 cm³/mol. The molecule has 0 aliphatic carbocycles. The number of pyridine rings is 1. The number of nitrogens with one attached hydrogen (secondary N) is 1. The second-order valence-corrected chi connectivity index (χ2v) is 7.76. The van der Waals surface area contributed by atoms with Crippen molar-refractivity contribution in [3.63, 3.8) is 0 Å². The van der Waals surface area contributed by atoms with Crippen molar-refractivity contribution in [2.75, 3.05) is 5.32 Å². The maximum Gasteiger partial charge on any atom is 0.256 e. The van der Waals surface area contributed by atoms with E-state index in [9.17, 15) is 4.79 Å². The van der Waals surface area contributed by atoms with Crippen LogP contribution in [0, 0.1) is 13.8 Å². The largest absolute Gasteiger partial charge is 0.322 e. The number of hydrogen-bond donors (Lipinski definition) is 1. The van der Waals surface area contributed by atoms with E-state index in [2.05, 4.69) is 11.4 Å². The van der Waals surface area contributed by atoms with Crippen LogP contribution in [0.2, 0.25) is 0 Å². The van der Waals surface area contributed by atoms with E-state index in [-0.39, 0.29) is 5.91 Å². The van der Waals surface area contributed by atoms with E-state index in [0.717, 1.165) is 38.3 Å². The Hall–Kier alpha value is -3.24. The summed E-state index contributed by atoms with van der Waals surface area (Å²) in [5, 5.41) is 5.90. The first-order chi connectivity index (χ1) is 13.6. The lowest BCUT2D eigenvalue weighted by atomic mass is 10.0. The molecule has 4 rings (SSSR count). The van der Waals surface area contributed by atoms with Crippen LogP contribution in [0.3, 0.4) is 0 Å². The molecular weight excluding hydrogens is 364 g/mol. The summed E-state index contributed by atoms with van der Waals surface area (Å²) in [7, 11) is 0. The molecule has 0 saturated carbocycles. The van der Waals surface area contributed by atoms with Crippen LogP contribution in [0.1, 0.15) is 32.1 Å². The van der Waals surface area contributed by atoms with Crippen LogP contribution in [0.4, 0.5) is 5.69 Å². The minimum atomic E-state index is -0.132. The summed E-state index contributed by atoms with van der Waals surface area (Å²) >= 11 is 1.67. The smallest absolute Gasteiger partial charge is 0.256 e. The van der Waals surface area contributed by atoms with Gasteiger partial charge in [-0.1, -0.05) is 35.4 Å². The van der Waals surface area contributed by atoms with Crippen LogP contribution < -0.4 is 5.32 Å². The van der Waals surface area contributed by atoms with E-state index in [4.69, 9.17) is 4.98 Å². The van der Waals surface area contributed by atoms with E-state index in [1.54, 1.807) is 11.3 Å². The molecule has 4 aromatic rings. The van der Waals surface area contributed by atoms with Gasteiger partial charge in [0.15, 0.2) is 0 Å². The Morgan fingerprint density at radius 1 is 0.964 bits per heavy atom. The summed E-state index contributed by atoms with van der Waals surface area (Å²) < 4.78 is 0. The average molecular weight is 385 g/mol. The minimum Gasteiger partial charge on any atom is -0.322 e. The van der Waals surface area contributed by atoms with Gasteiger partial charge >= 0.3 is 0 Å². The molecule has 2 heterocycles. The first-order valence-corrected chi connectivity index (χ1v) is 9.97. The van der Waals surface area contributed by atoms with Gasteiger partial charge in [-0.25, -0.2) is 4.98 Å². The van der Waals surface area contributed by atoms with E-state index in [1.165, 1.54) is 0 Å². The maximum absolute atomic E-state index is 13.0. The molecule has 138 valence electrons. The quantitative estimate of drug-likeness (QED) is 0.446. The predicted octanol–water partition coefficient (Wildman–Crippen LogP) is 6.34. The van der Waals surface area contributed by atoms with Gasteiger partial charge in [0.05, 0.1) is 16.8 Å². The molecule has 2 aromatic carbocycles. The molecule has 1 amide bonds. The molecule has 0 spiro atoms. The van der Waals surface area contributed by atoms with Crippen LogP contribution in [-0.4, -0.2) is 10.9 Å². The number of thiophene rings is 1. The molecule has 0 aliphatic rings. The molecule has 1 N–H and O–H groups in total. The molecule has 3 nitrogen and oxygen atoms in total. The van der Waals surface area contributed by atoms with Gasteiger partial charge < -0.3 is 5.32 Å². The highest BCUT2D eigenvalue weighted by Gasteiger charge is 2.13. The number of rotatable bonds is 4. The molecule has 2 aromatic heterocycles. The SMILES string of the molecule is Cc1ccc(NC(=O)c2cc(/C=C/c3cccs3)nc3ccc(C)cc23)cc1. The summed E-state index contributed by atoms with van der Waals surface area (Å²) in [4.78, 5) is 18.9. The summed E-state index contributed by atoms with van der Waals surface area (Å²) in [6, 6.07) is 19.7. The van der Waals surface area contributed by atoms with Crippen molar-refractivity contribution < 1.29 is 4.79 Å². The third-order valence-electron chi connectivity index (χ3n) is 4.50. The number of carbonyl (C=O) groups is 1. The summed E-state index contributed by atoms with van der Waals surface area (Å²) in [5.41, 5.74) is 5.24. The Morgan fingerprint density at radius 2 is 1.75 bits per heavy atom. The van der Waals surface area contributed by atoms with Gasteiger partial charge in [0.25, 0.3) is 5.91 Å². The first kappa shape index (κ1) is 18.1. The number of carbonyl (C=O) groups excluding carboxylic acids is 1. The number of nitrogens with zero attached hydrogens (tertiary/aromatic N) is 1. The Balaban J connectivity index is 1.74. The van der Waals surface area contributed by atoms with Gasteiger partial charge in [-0.3, -0.25) is 4.79 Å². The second-order valence-electron chi connectivity index (χ2n) is 6.78. The summed E-state index contributed by atoms with van der Waals surface area (Å²) in [5.74, 6) is -0.132. The van der Waals surface area contributed by atoms with Crippen LogP contribution in [0.15, 0.2) is 66.0 Å². The zero-order valence-corrected chi connectivity index (χ0v) is 16.6. The van der Waals surface area contributed by atoms with E-state index >= 15 is 0 Å². The fourth-order valence-electron chi connectivity index (χ4n) is 3.02. The normalized spacial score (nSPS) is 11.2. The number of hydrogen-bond acceptors (Lipinski definition) is 3. The number of fused-ring (bicyclic) bond motifs is 1. The van der Waals surface area contributed by atoms with Crippen molar-refractivity contribution >= 4 is 46.0 Å². The third kappa shape index (κ3) is 4.02. The van der Waals surface area contributed by atoms with Gasteiger partial charge in [0, 0.05) is 16.0 Å². The lowest BCUT2D eigenvalue weighted by molar-refractivity contribution is 0.102. The Labute approximate surface area is 168 Å². The Morgan fingerprint density at radius 3 is 2.50 bits per heavy atom. The Kier molecular flexibility index (Phi) is 5.04. The number of anilines is 1. The van der Waals surface area contributed by atoms with Gasteiger partial charge in [-0.2, -0.15) is 0 Å². The van der Waals surface area contributed by atoms with Crippen molar-refractivity contribution in [2.45, 2.75) is 13.8 Å². The van der Waals surface area contributed by atoms with Crippen molar-refractivity contribution in [3.8, 4) is 0 Å². The zero-order valence-electron chi connectivity index (χ0n) is 15.8. The van der Waals surface area contributed by atoms with Crippen molar-refractivity contribution in [2.24, 2.45) is 0 Å². The molecule has 28 heavy (non-hydrogen) atoms. The topological polar surface area (TPSA) is 42.0 Å². The highest BCUT2D eigenvalue weighted by atomic mass is 32.1. The number of amides is 1. The number of aryl methyl sites for hydroxylation is 2. The monoisotopic (exact) mass is 384 g/mol. The lowest BCUT2D eigenvalue weighted by Gasteiger charge is -2.10. The lowest BCUT2D eigenvalue weighted by Crippen LogP contribution is -2.13. The van der Waals surface area contributed by atoms with Crippen LogP contribution in [0.25, 0.3) is 23.1 Å². The molecule has 0 bridgehead atoms. The van der Waals surface area contributed by atoms with Crippen molar-refractivity contribution in [3.05, 3.63) is 93.3 Å². The standard InChI is InChI=1S/C24H20N2OS/c1-16-5-8-18(9-6-16)26-24(27)22-15-19(10-11-20-4-3-13-28-20)25-23-12-7-17(2)14-21(22)23/h3-15H,1-2H3,(H,26,27)/b11-10+. The molecule has 0 saturated heterocycles. The van der Waals surface area contributed by atoms with Gasteiger partial charge in [0.2, 0.25) is 0 Å². The van der Waals surface area contributed by atoms with Crippen LogP contribution >= 0.6 is 11.3 Å². The summed E-state index contributed by atoms with van der Waals surface area (Å²) in [6.07, 6.45) is 3.97. The molecule has 0 radical (unpaired) electrons. The third-order valence-corrected chi connectivity index (χ3v) is 5.34. The highest BCUT2D eigenvalue weighted by Crippen LogP contribution is 2.23. The highest BCUT2D eigenvalue weighted by molar-refractivity contribution is 7.10. The summed E-state index contributed by atoms with van der Waals surface area (Å²) in [6.45, 7) is 4.04. The Bertz CT molecular complexity index is 1160. The molecule has 4 heteroatoms. The molecule has 0 atom stereocenters. The van der Waals surface area contributed by atoms with Crippen molar-refractivity contribution in [1.82, 2.24) is 4.98 Å². The fourth-order valence-corrected chi connectivity index (χ4v) is 3.64. The molecule has 0 aliphatic heterocycles. The van der Waals surface area contributed by atoms with Gasteiger partial charge in [0.1, 0.15) is 0 Å². The van der Waals surface area contributed by atoms with Gasteiger partial charge in [-0.15, -0.1) is 11.3 Å². The molecule has 0 fully saturated rings. The van der Waals surface area contributed by atoms with Gasteiger partial charge in [-0.05, 0) is 67.8 Å².